The number of amides is 2. The number of nitro groups is 1. The van der Waals surface area contributed by atoms with E-state index >= 15 is 0 Å². The van der Waals surface area contributed by atoms with Crippen molar-refractivity contribution in [1.29, 1.82) is 0 Å². The van der Waals surface area contributed by atoms with Crippen molar-refractivity contribution >= 4 is 51.4 Å². The number of thiazole rings is 1. The van der Waals surface area contributed by atoms with Gasteiger partial charge in [0.15, 0.2) is 5.13 Å². The third-order valence-electron chi connectivity index (χ3n) is 5.09. The van der Waals surface area contributed by atoms with Crippen LogP contribution < -0.4 is 10.6 Å². The van der Waals surface area contributed by atoms with E-state index in [1.165, 1.54) is 35.2 Å². The van der Waals surface area contributed by atoms with Crippen LogP contribution in [0, 0.1) is 10.1 Å². The minimum atomic E-state index is -0.457. The van der Waals surface area contributed by atoms with Crippen LogP contribution in [0.15, 0.2) is 89.1 Å². The molecule has 4 aromatic rings. The zero-order valence-corrected chi connectivity index (χ0v) is 20.8. The highest BCUT2D eigenvalue weighted by Crippen LogP contribution is 2.30. The van der Waals surface area contributed by atoms with E-state index in [1.807, 2.05) is 54.6 Å². The number of carbonyl (C=O) groups is 2. The van der Waals surface area contributed by atoms with Gasteiger partial charge in [0.25, 0.3) is 5.69 Å². The summed E-state index contributed by atoms with van der Waals surface area (Å²) in [5.74, 6) is -0.337. The van der Waals surface area contributed by atoms with Crippen molar-refractivity contribution in [3.05, 3.63) is 99.9 Å². The van der Waals surface area contributed by atoms with Gasteiger partial charge in [-0.15, -0.1) is 23.1 Å². The summed E-state index contributed by atoms with van der Waals surface area (Å²) < 4.78 is 0. The van der Waals surface area contributed by atoms with Gasteiger partial charge >= 0.3 is 0 Å². The highest BCUT2D eigenvalue weighted by atomic mass is 32.2. The van der Waals surface area contributed by atoms with Gasteiger partial charge in [-0.25, -0.2) is 4.98 Å². The van der Waals surface area contributed by atoms with Crippen LogP contribution in [0.4, 0.5) is 16.5 Å². The Kier molecular flexibility index (Phi) is 8.09. The second-order valence-electron chi connectivity index (χ2n) is 7.83. The lowest BCUT2D eigenvalue weighted by Gasteiger charge is -2.12. The molecule has 0 radical (unpaired) electrons. The van der Waals surface area contributed by atoms with Crippen LogP contribution in [-0.2, 0) is 16.0 Å². The number of rotatable bonds is 9. The second-order valence-corrected chi connectivity index (χ2v) is 10.1. The summed E-state index contributed by atoms with van der Waals surface area (Å²) in [4.78, 5) is 40.9. The van der Waals surface area contributed by atoms with Gasteiger partial charge in [0.2, 0.25) is 11.8 Å². The van der Waals surface area contributed by atoms with Gasteiger partial charge in [-0.05, 0) is 30.7 Å². The Morgan fingerprint density at radius 3 is 2.58 bits per heavy atom. The minimum absolute atomic E-state index is 0.0189. The Balaban J connectivity index is 1.34. The molecular formula is C26H22N4O4S2. The van der Waals surface area contributed by atoms with Crippen LogP contribution in [0.3, 0.4) is 0 Å². The average Bonchev–Trinajstić information content (AvgIpc) is 3.33. The third-order valence-corrected chi connectivity index (χ3v) is 6.95. The Labute approximate surface area is 215 Å². The first-order chi connectivity index (χ1) is 17.4. The van der Waals surface area contributed by atoms with E-state index in [0.717, 1.165) is 10.5 Å². The predicted molar refractivity (Wildman–Crippen MR) is 143 cm³/mol. The van der Waals surface area contributed by atoms with Crippen molar-refractivity contribution < 1.29 is 14.5 Å². The Morgan fingerprint density at radius 2 is 1.81 bits per heavy atom. The standard InChI is InChI=1S/C26H22N4O4S2/c1-17(25(32)29-26-28-23(16-35-26)19-9-5-11-21(14-19)30(33)34)36-22-12-6-10-20(15-22)27-24(31)13-18-7-3-2-4-8-18/h2-12,14-17H,13H2,1H3,(H,27,31)(H,28,29,32). The molecule has 3 aromatic carbocycles. The number of non-ortho nitro benzene ring substituents is 1. The van der Waals surface area contributed by atoms with Gasteiger partial charge in [-0.2, -0.15) is 0 Å². The molecule has 1 atom stereocenters. The molecule has 1 aromatic heterocycles. The molecule has 4 rings (SSSR count). The normalized spacial score (nSPS) is 11.5. The zero-order chi connectivity index (χ0) is 25.5. The Bertz CT molecular complexity index is 1390. The molecule has 0 fully saturated rings. The maximum atomic E-state index is 12.7. The van der Waals surface area contributed by atoms with Crippen LogP contribution in [0.5, 0.6) is 0 Å². The number of anilines is 2. The van der Waals surface area contributed by atoms with Crippen molar-refractivity contribution in [3.63, 3.8) is 0 Å². The largest absolute Gasteiger partial charge is 0.326 e. The lowest BCUT2D eigenvalue weighted by atomic mass is 10.1. The molecule has 10 heteroatoms. The topological polar surface area (TPSA) is 114 Å². The lowest BCUT2D eigenvalue weighted by Crippen LogP contribution is -2.22. The Morgan fingerprint density at radius 1 is 1.03 bits per heavy atom. The zero-order valence-electron chi connectivity index (χ0n) is 19.2. The summed E-state index contributed by atoms with van der Waals surface area (Å²) in [6.07, 6.45) is 0.281. The van der Waals surface area contributed by atoms with Crippen LogP contribution >= 0.6 is 23.1 Å². The second kappa shape index (κ2) is 11.6. The number of nitrogens with zero attached hydrogens (tertiary/aromatic N) is 2. The van der Waals surface area contributed by atoms with Crippen molar-refractivity contribution in [1.82, 2.24) is 4.98 Å². The van der Waals surface area contributed by atoms with Crippen molar-refractivity contribution in [2.75, 3.05) is 10.6 Å². The van der Waals surface area contributed by atoms with E-state index in [1.54, 1.807) is 24.4 Å². The number of benzene rings is 3. The molecule has 0 aliphatic heterocycles. The molecule has 0 bridgehead atoms. The number of thioether (sulfide) groups is 1. The molecule has 0 saturated heterocycles. The van der Waals surface area contributed by atoms with E-state index in [0.29, 0.717) is 22.1 Å². The molecule has 8 nitrogen and oxygen atoms in total. The fourth-order valence-corrected chi connectivity index (χ4v) is 4.99. The summed E-state index contributed by atoms with van der Waals surface area (Å²) in [6, 6.07) is 23.1. The average molecular weight is 519 g/mol. The van der Waals surface area contributed by atoms with Gasteiger partial charge in [0.1, 0.15) is 0 Å². The van der Waals surface area contributed by atoms with Gasteiger partial charge in [0.05, 0.1) is 22.3 Å². The molecule has 1 heterocycles. The van der Waals surface area contributed by atoms with Crippen molar-refractivity contribution in [3.8, 4) is 11.3 Å². The summed E-state index contributed by atoms with van der Waals surface area (Å²) in [5.41, 5.74) is 2.74. The number of hydrogen-bond acceptors (Lipinski definition) is 7. The number of hydrogen-bond donors (Lipinski definition) is 2. The fourth-order valence-electron chi connectivity index (χ4n) is 3.34. The van der Waals surface area contributed by atoms with Gasteiger partial charge < -0.3 is 10.6 Å². The molecule has 0 aliphatic carbocycles. The first kappa shape index (κ1) is 25.1. The molecule has 0 saturated carbocycles. The SMILES string of the molecule is CC(Sc1cccc(NC(=O)Cc2ccccc2)c1)C(=O)Nc1nc(-c2cccc([N+](=O)[O-])c2)cs1. The van der Waals surface area contributed by atoms with E-state index in [-0.39, 0.29) is 23.9 Å². The van der Waals surface area contributed by atoms with E-state index in [4.69, 9.17) is 0 Å². The smallest absolute Gasteiger partial charge is 0.270 e. The quantitative estimate of drug-likeness (QED) is 0.159. The first-order valence-electron chi connectivity index (χ1n) is 11.0. The predicted octanol–water partition coefficient (Wildman–Crippen LogP) is 6.02. The van der Waals surface area contributed by atoms with Gasteiger partial charge in [0, 0.05) is 33.7 Å². The maximum Gasteiger partial charge on any atom is 0.270 e. The number of carbonyl (C=O) groups excluding carboxylic acids is 2. The first-order valence-corrected chi connectivity index (χ1v) is 12.7. The summed E-state index contributed by atoms with van der Waals surface area (Å²) in [5, 5.41) is 18.5. The van der Waals surface area contributed by atoms with Gasteiger partial charge in [-0.3, -0.25) is 19.7 Å². The summed E-state index contributed by atoms with van der Waals surface area (Å²) in [6.45, 7) is 1.79. The molecule has 2 N–H and O–H groups in total. The van der Waals surface area contributed by atoms with E-state index in [2.05, 4.69) is 15.6 Å². The molecular weight excluding hydrogens is 496 g/mol. The van der Waals surface area contributed by atoms with E-state index in [9.17, 15) is 19.7 Å². The highest BCUT2D eigenvalue weighted by molar-refractivity contribution is 8.00. The molecule has 0 spiro atoms. The molecule has 0 aliphatic rings. The molecule has 36 heavy (non-hydrogen) atoms. The van der Waals surface area contributed by atoms with Crippen LogP contribution in [0.2, 0.25) is 0 Å². The third kappa shape index (κ3) is 6.77. The fraction of sp³-hybridized carbons (Fsp3) is 0.115. The summed E-state index contributed by atoms with van der Waals surface area (Å²) >= 11 is 2.61. The lowest BCUT2D eigenvalue weighted by molar-refractivity contribution is -0.384. The highest BCUT2D eigenvalue weighted by Gasteiger charge is 2.17. The van der Waals surface area contributed by atoms with Crippen LogP contribution in [0.1, 0.15) is 12.5 Å². The maximum absolute atomic E-state index is 12.7. The minimum Gasteiger partial charge on any atom is -0.326 e. The molecule has 182 valence electrons. The number of aromatic nitrogens is 1. The number of nitro benzene ring substituents is 1. The Hall–Kier alpha value is -4.02. The van der Waals surface area contributed by atoms with Crippen molar-refractivity contribution in [2.45, 2.75) is 23.5 Å². The molecule has 1 unspecified atom stereocenters. The van der Waals surface area contributed by atoms with Crippen LogP contribution in [-0.4, -0.2) is 27.0 Å². The van der Waals surface area contributed by atoms with Crippen molar-refractivity contribution in [2.24, 2.45) is 0 Å². The van der Waals surface area contributed by atoms with E-state index < -0.39 is 10.2 Å². The van der Waals surface area contributed by atoms with Crippen LogP contribution in [0.25, 0.3) is 11.3 Å². The summed E-state index contributed by atoms with van der Waals surface area (Å²) in [7, 11) is 0. The van der Waals surface area contributed by atoms with Gasteiger partial charge in [-0.1, -0.05) is 48.5 Å². The monoisotopic (exact) mass is 518 g/mol. The number of nitrogens with one attached hydrogen (secondary N) is 2. The molecule has 2 amide bonds.